The predicted molar refractivity (Wildman–Crippen MR) is 139 cm³/mol. The van der Waals surface area contributed by atoms with Crippen LogP contribution in [0.1, 0.15) is 49.5 Å². The predicted octanol–water partition coefficient (Wildman–Crippen LogP) is 2.14. The Morgan fingerprint density at radius 2 is 1.67 bits per heavy atom. The number of carbonyl (C=O) groups excluding carboxylic acids is 3. The molecule has 0 unspecified atom stereocenters. The normalized spacial score (nSPS) is 18.7. The molecule has 2 aromatic rings. The first-order valence-corrected chi connectivity index (χ1v) is 13.0. The summed E-state index contributed by atoms with van der Waals surface area (Å²) in [6.45, 7) is 3.65. The van der Waals surface area contributed by atoms with Crippen molar-refractivity contribution >= 4 is 28.6 Å². The molecule has 4 rings (SSSR count). The van der Waals surface area contributed by atoms with Gasteiger partial charge in [-0.05, 0) is 50.9 Å². The van der Waals surface area contributed by atoms with Crippen molar-refractivity contribution < 1.29 is 19.1 Å². The number of piperazine rings is 1. The fourth-order valence-corrected chi connectivity index (χ4v) is 5.39. The number of carbonyl (C=O) groups is 3. The summed E-state index contributed by atoms with van der Waals surface area (Å²) < 4.78 is 7.23. The van der Waals surface area contributed by atoms with Crippen LogP contribution in [0.2, 0.25) is 0 Å². The van der Waals surface area contributed by atoms with Gasteiger partial charge in [-0.2, -0.15) is 0 Å². The second-order valence-electron chi connectivity index (χ2n) is 10.0. The number of aryl methyl sites for hydroxylation is 1. The number of likely N-dealkylation sites (N-methyl/N-ethyl adjacent to an activating group) is 1. The van der Waals surface area contributed by atoms with Crippen molar-refractivity contribution in [2.45, 2.75) is 51.1 Å². The van der Waals surface area contributed by atoms with Crippen LogP contribution < -0.4 is 15.4 Å². The number of hydrogen-bond acceptors (Lipinski definition) is 5. The third-order valence-electron chi connectivity index (χ3n) is 7.86. The number of fused-ring (bicyclic) bond motifs is 1. The highest BCUT2D eigenvalue weighted by Crippen LogP contribution is 2.28. The second-order valence-corrected chi connectivity index (χ2v) is 10.0. The Bertz CT molecular complexity index is 1100. The Kier molecular flexibility index (Phi) is 8.18. The number of rotatable bonds is 7. The number of benzene rings is 1. The molecule has 0 spiro atoms. The van der Waals surface area contributed by atoms with Crippen LogP contribution >= 0.6 is 0 Å². The zero-order valence-electron chi connectivity index (χ0n) is 21.9. The fraction of sp³-hybridized carbons (Fsp3) is 0.593. The Labute approximate surface area is 213 Å². The molecule has 1 saturated carbocycles. The molecule has 1 aromatic heterocycles. The summed E-state index contributed by atoms with van der Waals surface area (Å²) in [4.78, 5) is 43.2. The quantitative estimate of drug-likeness (QED) is 0.611. The molecule has 1 aliphatic heterocycles. The van der Waals surface area contributed by atoms with Gasteiger partial charge in [0.2, 0.25) is 11.8 Å². The molecule has 1 aromatic carbocycles. The number of amides is 3. The molecule has 2 aliphatic rings. The van der Waals surface area contributed by atoms with Crippen LogP contribution in [0, 0.1) is 5.92 Å². The van der Waals surface area contributed by atoms with E-state index in [2.05, 4.69) is 10.6 Å². The number of nitrogens with one attached hydrogen (secondary N) is 2. The first-order chi connectivity index (χ1) is 17.3. The number of nitrogens with zero attached hydrogens (tertiary/aromatic N) is 3. The average molecular weight is 498 g/mol. The molecule has 3 amide bonds. The van der Waals surface area contributed by atoms with Crippen LogP contribution in [-0.2, 0) is 16.6 Å². The van der Waals surface area contributed by atoms with E-state index in [4.69, 9.17) is 4.74 Å². The van der Waals surface area contributed by atoms with Gasteiger partial charge < -0.3 is 29.7 Å². The molecule has 2 N–H and O–H groups in total. The zero-order valence-corrected chi connectivity index (χ0v) is 21.9. The molecule has 196 valence electrons. The maximum absolute atomic E-state index is 13.6. The van der Waals surface area contributed by atoms with Crippen LogP contribution in [0.25, 0.3) is 10.9 Å². The smallest absolute Gasteiger partial charge is 0.270 e. The first kappa shape index (κ1) is 26.0. The van der Waals surface area contributed by atoms with E-state index in [9.17, 15) is 14.4 Å². The van der Waals surface area contributed by atoms with E-state index < -0.39 is 6.04 Å². The Morgan fingerprint density at radius 3 is 2.31 bits per heavy atom. The van der Waals surface area contributed by atoms with E-state index in [1.807, 2.05) is 45.7 Å². The van der Waals surface area contributed by atoms with Crippen molar-refractivity contribution in [3.05, 3.63) is 30.0 Å². The maximum Gasteiger partial charge on any atom is 0.270 e. The third-order valence-corrected chi connectivity index (χ3v) is 7.86. The van der Waals surface area contributed by atoms with Crippen molar-refractivity contribution in [1.29, 1.82) is 0 Å². The maximum atomic E-state index is 13.6. The van der Waals surface area contributed by atoms with Crippen LogP contribution in [0.5, 0.6) is 5.75 Å². The lowest BCUT2D eigenvalue weighted by atomic mass is 9.83. The topological polar surface area (TPSA) is 95.9 Å². The van der Waals surface area contributed by atoms with E-state index in [0.717, 1.165) is 42.3 Å². The SMILES string of the molecule is CN[C@@H](C)C(=O)N[C@H](C(=O)N1CCN(C(=O)c2cc3ccc(OC)cc3n2C)CC1)C1CCCCC1. The summed E-state index contributed by atoms with van der Waals surface area (Å²) >= 11 is 0. The number of hydrogen-bond donors (Lipinski definition) is 2. The molecule has 9 heteroatoms. The van der Waals surface area contributed by atoms with Crippen molar-refractivity contribution in [1.82, 2.24) is 25.0 Å². The molecule has 1 saturated heterocycles. The highest BCUT2D eigenvalue weighted by Gasteiger charge is 2.36. The van der Waals surface area contributed by atoms with Gasteiger partial charge in [0.25, 0.3) is 5.91 Å². The van der Waals surface area contributed by atoms with Gasteiger partial charge in [-0.1, -0.05) is 19.3 Å². The van der Waals surface area contributed by atoms with Gasteiger partial charge in [-0.25, -0.2) is 0 Å². The van der Waals surface area contributed by atoms with E-state index in [0.29, 0.717) is 31.9 Å². The van der Waals surface area contributed by atoms with Crippen LogP contribution in [0.3, 0.4) is 0 Å². The zero-order chi connectivity index (χ0) is 25.8. The van der Waals surface area contributed by atoms with Crippen LogP contribution in [0.15, 0.2) is 24.3 Å². The van der Waals surface area contributed by atoms with E-state index in [1.54, 1.807) is 21.1 Å². The van der Waals surface area contributed by atoms with Crippen LogP contribution in [-0.4, -0.2) is 84.5 Å². The third kappa shape index (κ3) is 5.36. The summed E-state index contributed by atoms with van der Waals surface area (Å²) in [6.07, 6.45) is 5.26. The van der Waals surface area contributed by atoms with Crippen molar-refractivity contribution in [3.63, 3.8) is 0 Å². The van der Waals surface area contributed by atoms with Gasteiger partial charge in [0.15, 0.2) is 0 Å². The Morgan fingerprint density at radius 1 is 1.00 bits per heavy atom. The Balaban J connectivity index is 1.43. The largest absolute Gasteiger partial charge is 0.497 e. The minimum atomic E-state index is -0.510. The van der Waals surface area contributed by atoms with Gasteiger partial charge in [0.1, 0.15) is 17.5 Å². The summed E-state index contributed by atoms with van der Waals surface area (Å²) in [5, 5.41) is 6.98. The molecule has 2 fully saturated rings. The second kappa shape index (κ2) is 11.3. The van der Waals surface area contributed by atoms with Gasteiger partial charge in [0, 0.05) is 44.7 Å². The number of aromatic nitrogens is 1. The number of methoxy groups -OCH3 is 1. The molecule has 1 aliphatic carbocycles. The van der Waals surface area contributed by atoms with E-state index in [1.165, 1.54) is 6.42 Å². The van der Waals surface area contributed by atoms with E-state index >= 15 is 0 Å². The minimum Gasteiger partial charge on any atom is -0.497 e. The first-order valence-electron chi connectivity index (χ1n) is 13.0. The summed E-state index contributed by atoms with van der Waals surface area (Å²) in [7, 11) is 5.25. The van der Waals surface area contributed by atoms with Crippen molar-refractivity contribution in [2.75, 3.05) is 40.3 Å². The molecule has 36 heavy (non-hydrogen) atoms. The summed E-state index contributed by atoms with van der Waals surface area (Å²) in [6, 6.07) is 6.81. The molecule has 2 atom stereocenters. The van der Waals surface area contributed by atoms with E-state index in [-0.39, 0.29) is 29.7 Å². The molecular weight excluding hydrogens is 458 g/mol. The molecule has 2 heterocycles. The lowest BCUT2D eigenvalue weighted by Crippen LogP contribution is -2.59. The lowest BCUT2D eigenvalue weighted by molar-refractivity contribution is -0.140. The van der Waals surface area contributed by atoms with Gasteiger partial charge >= 0.3 is 0 Å². The molecule has 0 bridgehead atoms. The standard InChI is InChI=1S/C27H39N5O4/c1-18(28-2)25(33)29-24(19-8-6-5-7-9-19)27(35)32-14-12-31(13-15-32)26(34)23-16-20-10-11-21(36-4)17-22(20)30(23)3/h10-11,16-19,24,28H,5-9,12-15H2,1-4H3,(H,29,33)/t18-,24-/m0/s1. The fourth-order valence-electron chi connectivity index (χ4n) is 5.39. The van der Waals surface area contributed by atoms with Gasteiger partial charge in [-0.15, -0.1) is 0 Å². The van der Waals surface area contributed by atoms with Gasteiger partial charge in [0.05, 0.1) is 18.7 Å². The lowest BCUT2D eigenvalue weighted by Gasteiger charge is -2.39. The molecule has 0 radical (unpaired) electrons. The summed E-state index contributed by atoms with van der Waals surface area (Å²) in [5.74, 6) is 0.690. The highest BCUT2D eigenvalue weighted by atomic mass is 16.5. The average Bonchev–Trinajstić information content (AvgIpc) is 3.26. The highest BCUT2D eigenvalue weighted by molar-refractivity contribution is 5.99. The van der Waals surface area contributed by atoms with Crippen molar-refractivity contribution in [3.8, 4) is 5.75 Å². The van der Waals surface area contributed by atoms with Crippen LogP contribution in [0.4, 0.5) is 0 Å². The van der Waals surface area contributed by atoms with Crippen molar-refractivity contribution in [2.24, 2.45) is 13.0 Å². The minimum absolute atomic E-state index is 0.0256. The Hall–Kier alpha value is -3.07. The molecule has 9 nitrogen and oxygen atoms in total. The molecular formula is C27H39N5O4. The van der Waals surface area contributed by atoms with Gasteiger partial charge in [-0.3, -0.25) is 14.4 Å². The summed E-state index contributed by atoms with van der Waals surface area (Å²) in [5.41, 5.74) is 1.56. The number of ether oxygens (including phenoxy) is 1. The monoisotopic (exact) mass is 497 g/mol.